The Morgan fingerprint density at radius 2 is 2.04 bits per heavy atom. The predicted molar refractivity (Wildman–Crippen MR) is 108 cm³/mol. The van der Waals surface area contributed by atoms with E-state index in [4.69, 9.17) is 4.74 Å². The maximum absolute atomic E-state index is 12.5. The summed E-state index contributed by atoms with van der Waals surface area (Å²) >= 11 is 2.72. The van der Waals surface area contributed by atoms with E-state index in [0.717, 1.165) is 21.9 Å². The smallest absolute Gasteiger partial charge is 0.341 e. The number of carbonyl (C=O) groups is 3. The van der Waals surface area contributed by atoms with Gasteiger partial charge in [-0.05, 0) is 31.5 Å². The van der Waals surface area contributed by atoms with Crippen molar-refractivity contribution in [2.45, 2.75) is 36.8 Å². The van der Waals surface area contributed by atoms with Crippen LogP contribution in [0.25, 0.3) is 0 Å². The first-order chi connectivity index (χ1) is 13.0. The average Bonchev–Trinajstić information content (AvgIpc) is 3.05. The lowest BCUT2D eigenvalue weighted by Crippen LogP contribution is -2.32. The van der Waals surface area contributed by atoms with E-state index in [9.17, 15) is 14.4 Å². The molecule has 1 aliphatic heterocycles. The van der Waals surface area contributed by atoms with Crippen LogP contribution >= 0.6 is 23.1 Å². The third-order valence-electron chi connectivity index (χ3n) is 3.96. The van der Waals surface area contributed by atoms with Gasteiger partial charge in [-0.1, -0.05) is 19.1 Å². The van der Waals surface area contributed by atoms with Gasteiger partial charge in [0.1, 0.15) is 5.00 Å². The van der Waals surface area contributed by atoms with E-state index in [1.54, 1.807) is 13.0 Å². The zero-order chi connectivity index (χ0) is 19.4. The second-order valence-electron chi connectivity index (χ2n) is 5.87. The number of thiophene rings is 1. The Balaban J connectivity index is 1.70. The highest BCUT2D eigenvalue weighted by Gasteiger charge is 2.29. The Morgan fingerprint density at radius 1 is 1.26 bits per heavy atom. The number of hydrogen-bond acceptors (Lipinski definition) is 6. The first-order valence-electron chi connectivity index (χ1n) is 8.68. The Kier molecular flexibility index (Phi) is 6.18. The van der Waals surface area contributed by atoms with Gasteiger partial charge >= 0.3 is 5.97 Å². The van der Waals surface area contributed by atoms with Crippen LogP contribution < -0.4 is 10.6 Å². The number of fused-ring (bicyclic) bond motifs is 1. The molecule has 6 nitrogen and oxygen atoms in total. The molecule has 0 radical (unpaired) electrons. The van der Waals surface area contributed by atoms with Crippen molar-refractivity contribution < 1.29 is 19.1 Å². The van der Waals surface area contributed by atoms with Crippen molar-refractivity contribution in [1.29, 1.82) is 0 Å². The molecule has 2 N–H and O–H groups in total. The molecule has 8 heteroatoms. The minimum Gasteiger partial charge on any atom is -0.462 e. The normalized spacial score (nSPS) is 15.6. The summed E-state index contributed by atoms with van der Waals surface area (Å²) in [4.78, 5) is 38.8. The van der Waals surface area contributed by atoms with Crippen molar-refractivity contribution in [2.75, 3.05) is 17.2 Å². The fraction of sp³-hybridized carbons (Fsp3) is 0.316. The number of thioether (sulfide) groups is 1. The summed E-state index contributed by atoms with van der Waals surface area (Å²) in [6.07, 6.45) is 0.775. The monoisotopic (exact) mass is 404 g/mol. The van der Waals surface area contributed by atoms with Crippen molar-refractivity contribution in [3.63, 3.8) is 0 Å². The molecule has 2 amide bonds. The molecular weight excluding hydrogens is 384 g/mol. The van der Waals surface area contributed by atoms with Gasteiger partial charge in [-0.3, -0.25) is 9.59 Å². The molecule has 0 spiro atoms. The van der Waals surface area contributed by atoms with Crippen LogP contribution in [0, 0.1) is 0 Å². The number of hydrogen-bond donors (Lipinski definition) is 2. The minimum atomic E-state index is -0.517. The van der Waals surface area contributed by atoms with Crippen molar-refractivity contribution in [3.8, 4) is 0 Å². The van der Waals surface area contributed by atoms with Crippen LogP contribution in [-0.2, 0) is 20.7 Å². The number of ether oxygens (including phenoxy) is 1. The second kappa shape index (κ2) is 8.58. The minimum absolute atomic E-state index is 0.0203. The molecule has 1 aliphatic rings. The van der Waals surface area contributed by atoms with Gasteiger partial charge in [0.05, 0.1) is 23.1 Å². The zero-order valence-electron chi connectivity index (χ0n) is 15.0. The van der Waals surface area contributed by atoms with Crippen molar-refractivity contribution in [1.82, 2.24) is 0 Å². The summed E-state index contributed by atoms with van der Waals surface area (Å²) in [5, 5.41) is 5.56. The molecular formula is C19H20N2O4S2. The fourth-order valence-electron chi connectivity index (χ4n) is 2.64. The Morgan fingerprint density at radius 3 is 2.78 bits per heavy atom. The van der Waals surface area contributed by atoms with Crippen LogP contribution in [0.1, 0.15) is 35.5 Å². The number of carbonyl (C=O) groups excluding carboxylic acids is 3. The molecule has 0 fully saturated rings. The van der Waals surface area contributed by atoms with Gasteiger partial charge in [-0.2, -0.15) is 0 Å². The Labute approximate surface area is 165 Å². The molecule has 0 bridgehead atoms. The average molecular weight is 405 g/mol. The van der Waals surface area contributed by atoms with E-state index in [2.05, 4.69) is 10.6 Å². The number of benzene rings is 1. The van der Waals surface area contributed by atoms with E-state index < -0.39 is 11.2 Å². The van der Waals surface area contributed by atoms with Crippen LogP contribution in [0.5, 0.6) is 0 Å². The molecule has 1 aromatic carbocycles. The molecule has 0 unspecified atom stereocenters. The number of aryl methyl sites for hydroxylation is 1. The SMILES string of the molecule is CCOC(=O)c1cc(CC)sc1NC(=O)C[C@H]1Sc2ccccc2NC1=O. The molecule has 27 heavy (non-hydrogen) atoms. The molecule has 2 aromatic rings. The van der Waals surface area contributed by atoms with Crippen molar-refractivity contribution in [2.24, 2.45) is 0 Å². The third kappa shape index (κ3) is 4.51. The molecule has 0 saturated heterocycles. The maximum atomic E-state index is 12.5. The van der Waals surface area contributed by atoms with Gasteiger partial charge in [0.25, 0.3) is 0 Å². The fourth-order valence-corrected chi connectivity index (χ4v) is 4.75. The Bertz CT molecular complexity index is 878. The highest BCUT2D eigenvalue weighted by Crippen LogP contribution is 2.37. The van der Waals surface area contributed by atoms with Gasteiger partial charge < -0.3 is 15.4 Å². The standard InChI is InChI=1S/C19H20N2O4S2/c1-3-11-9-12(19(24)25-4-2)18(26-11)21-16(22)10-15-17(23)20-13-7-5-6-8-14(13)27-15/h5-9,15H,3-4,10H2,1-2H3,(H,20,23)(H,21,22)/t15-/m1/s1. The number of nitrogens with one attached hydrogen (secondary N) is 2. The van der Waals surface area contributed by atoms with Gasteiger partial charge in [-0.25, -0.2) is 4.79 Å². The molecule has 1 aromatic heterocycles. The number of anilines is 2. The van der Waals surface area contributed by atoms with E-state index in [-0.39, 0.29) is 24.8 Å². The lowest BCUT2D eigenvalue weighted by atomic mass is 10.2. The Hall–Kier alpha value is -2.32. The lowest BCUT2D eigenvalue weighted by Gasteiger charge is -2.23. The summed E-state index contributed by atoms with van der Waals surface area (Å²) in [5.74, 6) is -0.959. The van der Waals surface area contributed by atoms with Crippen molar-refractivity contribution in [3.05, 3.63) is 40.8 Å². The number of para-hydroxylation sites is 1. The second-order valence-corrected chi connectivity index (χ2v) is 8.26. The zero-order valence-corrected chi connectivity index (χ0v) is 16.7. The molecule has 0 aliphatic carbocycles. The van der Waals surface area contributed by atoms with Crippen LogP contribution in [0.3, 0.4) is 0 Å². The highest BCUT2D eigenvalue weighted by atomic mass is 32.2. The largest absolute Gasteiger partial charge is 0.462 e. The van der Waals surface area contributed by atoms with E-state index in [0.29, 0.717) is 10.6 Å². The molecule has 142 valence electrons. The van der Waals surface area contributed by atoms with Crippen LogP contribution in [0.4, 0.5) is 10.7 Å². The van der Waals surface area contributed by atoms with E-state index >= 15 is 0 Å². The number of esters is 1. The number of amides is 2. The summed E-state index contributed by atoms with van der Waals surface area (Å²) in [6, 6.07) is 9.24. The van der Waals surface area contributed by atoms with E-state index in [1.165, 1.54) is 23.1 Å². The van der Waals surface area contributed by atoms with Crippen LogP contribution in [0.2, 0.25) is 0 Å². The molecule has 2 heterocycles. The van der Waals surface area contributed by atoms with Gasteiger partial charge in [0, 0.05) is 16.2 Å². The van der Waals surface area contributed by atoms with Gasteiger partial charge in [0.15, 0.2) is 0 Å². The quantitative estimate of drug-likeness (QED) is 0.713. The molecule has 0 saturated carbocycles. The topological polar surface area (TPSA) is 84.5 Å². The van der Waals surface area contributed by atoms with Crippen LogP contribution in [-0.4, -0.2) is 29.6 Å². The van der Waals surface area contributed by atoms with E-state index in [1.807, 2.05) is 31.2 Å². The summed E-state index contributed by atoms with van der Waals surface area (Å²) in [6.45, 7) is 3.98. The molecule has 1 atom stereocenters. The predicted octanol–water partition coefficient (Wildman–Crippen LogP) is 3.93. The van der Waals surface area contributed by atoms with Crippen LogP contribution in [0.15, 0.2) is 35.2 Å². The maximum Gasteiger partial charge on any atom is 0.341 e. The first-order valence-corrected chi connectivity index (χ1v) is 10.4. The van der Waals surface area contributed by atoms with Gasteiger partial charge in [0.2, 0.25) is 11.8 Å². The van der Waals surface area contributed by atoms with Crippen molar-refractivity contribution >= 4 is 51.6 Å². The lowest BCUT2D eigenvalue weighted by molar-refractivity contribution is -0.120. The molecule has 3 rings (SSSR count). The van der Waals surface area contributed by atoms with Gasteiger partial charge in [-0.15, -0.1) is 23.1 Å². The highest BCUT2D eigenvalue weighted by molar-refractivity contribution is 8.01. The summed E-state index contributed by atoms with van der Waals surface area (Å²) in [7, 11) is 0. The summed E-state index contributed by atoms with van der Waals surface area (Å²) in [5.41, 5.74) is 1.12. The first kappa shape index (κ1) is 19.4. The number of rotatable bonds is 6. The third-order valence-corrected chi connectivity index (χ3v) is 6.43. The summed E-state index contributed by atoms with van der Waals surface area (Å²) < 4.78 is 5.06.